The zero-order valence-electron chi connectivity index (χ0n) is 11.7. The summed E-state index contributed by atoms with van der Waals surface area (Å²) < 4.78 is 5.87. The van der Waals surface area contributed by atoms with E-state index >= 15 is 0 Å². The molecule has 5 heteroatoms. The maximum Gasteiger partial charge on any atom is 0.253 e. The van der Waals surface area contributed by atoms with Crippen LogP contribution in [0.4, 0.5) is 0 Å². The Morgan fingerprint density at radius 3 is 2.52 bits per heavy atom. The molecule has 2 rings (SSSR count). The van der Waals surface area contributed by atoms with Gasteiger partial charge in [0.25, 0.3) is 5.91 Å². The van der Waals surface area contributed by atoms with Crippen molar-refractivity contribution in [1.82, 2.24) is 5.32 Å². The summed E-state index contributed by atoms with van der Waals surface area (Å²) >= 11 is 9.25. The van der Waals surface area contributed by atoms with E-state index in [2.05, 4.69) is 21.2 Å². The van der Waals surface area contributed by atoms with Gasteiger partial charge in [-0.1, -0.05) is 23.7 Å². The quantitative estimate of drug-likeness (QED) is 0.856. The van der Waals surface area contributed by atoms with Gasteiger partial charge >= 0.3 is 0 Å². The third kappa shape index (κ3) is 3.99. The first-order chi connectivity index (χ1) is 10.0. The highest BCUT2D eigenvalue weighted by atomic mass is 79.9. The predicted octanol–water partition coefficient (Wildman–Crippen LogP) is 4.60. The van der Waals surface area contributed by atoms with Gasteiger partial charge < -0.3 is 10.1 Å². The molecule has 2 aromatic rings. The average Bonchev–Trinajstić information content (AvgIpc) is 2.48. The second-order valence-corrected chi connectivity index (χ2v) is 5.88. The third-order valence-corrected chi connectivity index (χ3v) is 4.08. The summed E-state index contributed by atoms with van der Waals surface area (Å²) in [5.41, 5.74) is 1.53. The van der Waals surface area contributed by atoms with Crippen molar-refractivity contribution in [3.63, 3.8) is 0 Å². The molecule has 0 aliphatic rings. The highest BCUT2D eigenvalue weighted by Crippen LogP contribution is 2.23. The largest absolute Gasteiger partial charge is 0.497 e. The van der Waals surface area contributed by atoms with Crippen molar-refractivity contribution in [3.05, 3.63) is 63.1 Å². The molecular formula is C16H15BrClNO2. The van der Waals surface area contributed by atoms with E-state index in [9.17, 15) is 4.79 Å². The zero-order chi connectivity index (χ0) is 15.4. The number of nitrogens with one attached hydrogen (secondary N) is 1. The third-order valence-electron chi connectivity index (χ3n) is 3.14. The molecule has 0 radical (unpaired) electrons. The van der Waals surface area contributed by atoms with Crippen LogP contribution >= 0.6 is 27.5 Å². The van der Waals surface area contributed by atoms with Crippen LogP contribution in [0.1, 0.15) is 28.9 Å². The van der Waals surface area contributed by atoms with Crippen LogP contribution < -0.4 is 10.1 Å². The number of benzene rings is 2. The lowest BCUT2D eigenvalue weighted by Gasteiger charge is -2.15. The van der Waals surface area contributed by atoms with Gasteiger partial charge in [0.15, 0.2) is 0 Å². The van der Waals surface area contributed by atoms with Gasteiger partial charge in [-0.3, -0.25) is 4.79 Å². The Bertz CT molecular complexity index is 643. The van der Waals surface area contributed by atoms with Gasteiger partial charge in [0.05, 0.1) is 18.7 Å². The van der Waals surface area contributed by atoms with Crippen molar-refractivity contribution in [3.8, 4) is 5.75 Å². The van der Waals surface area contributed by atoms with Crippen molar-refractivity contribution >= 4 is 33.4 Å². The summed E-state index contributed by atoms with van der Waals surface area (Å²) in [6.07, 6.45) is 0. The van der Waals surface area contributed by atoms with Crippen LogP contribution in [-0.4, -0.2) is 13.0 Å². The van der Waals surface area contributed by atoms with E-state index in [4.69, 9.17) is 16.3 Å². The summed E-state index contributed by atoms with van der Waals surface area (Å²) in [6, 6.07) is 12.6. The number of hydrogen-bond acceptors (Lipinski definition) is 2. The molecule has 0 bridgehead atoms. The van der Waals surface area contributed by atoms with Crippen molar-refractivity contribution < 1.29 is 9.53 Å². The molecule has 0 saturated carbocycles. The lowest BCUT2D eigenvalue weighted by atomic mass is 10.1. The topological polar surface area (TPSA) is 38.3 Å². The highest BCUT2D eigenvalue weighted by Gasteiger charge is 2.15. The molecule has 1 amide bonds. The number of carbonyl (C=O) groups excluding carboxylic acids is 1. The zero-order valence-corrected chi connectivity index (χ0v) is 14.0. The van der Waals surface area contributed by atoms with Gasteiger partial charge in [-0.15, -0.1) is 0 Å². The standard InChI is InChI=1S/C16H15BrClNO2/c1-10(11-3-5-12(18)6-4-11)19-16(20)14-9-13(21-2)7-8-15(14)17/h3-10H,1-2H3,(H,19,20)/t10-/m0/s1. The first-order valence-electron chi connectivity index (χ1n) is 6.41. The fraction of sp³-hybridized carbons (Fsp3) is 0.188. The van der Waals surface area contributed by atoms with Gasteiger partial charge in [-0.25, -0.2) is 0 Å². The SMILES string of the molecule is COc1ccc(Br)c(C(=O)N[C@@H](C)c2ccc(Cl)cc2)c1. The number of amides is 1. The Labute approximate surface area is 137 Å². The van der Waals surface area contributed by atoms with E-state index in [0.717, 1.165) is 10.0 Å². The van der Waals surface area contributed by atoms with Crippen LogP contribution in [-0.2, 0) is 0 Å². The van der Waals surface area contributed by atoms with Crippen LogP contribution in [0.2, 0.25) is 5.02 Å². The van der Waals surface area contributed by atoms with E-state index in [1.807, 2.05) is 19.1 Å². The molecular weight excluding hydrogens is 354 g/mol. The smallest absolute Gasteiger partial charge is 0.253 e. The lowest BCUT2D eigenvalue weighted by molar-refractivity contribution is 0.0938. The van der Waals surface area contributed by atoms with Crippen molar-refractivity contribution in [2.75, 3.05) is 7.11 Å². The van der Waals surface area contributed by atoms with Crippen LogP contribution in [0.5, 0.6) is 5.75 Å². The number of carbonyl (C=O) groups is 1. The van der Waals surface area contributed by atoms with Gasteiger partial charge in [-0.2, -0.15) is 0 Å². The minimum absolute atomic E-state index is 0.118. The summed E-state index contributed by atoms with van der Waals surface area (Å²) in [4.78, 5) is 12.4. The van der Waals surface area contributed by atoms with E-state index in [1.54, 1.807) is 37.4 Å². The van der Waals surface area contributed by atoms with Crippen molar-refractivity contribution in [2.24, 2.45) is 0 Å². The van der Waals surface area contributed by atoms with E-state index in [1.165, 1.54) is 0 Å². The Morgan fingerprint density at radius 1 is 1.24 bits per heavy atom. The number of methoxy groups -OCH3 is 1. The summed E-state index contributed by atoms with van der Waals surface area (Å²) in [5.74, 6) is 0.478. The van der Waals surface area contributed by atoms with Crippen LogP contribution in [0.15, 0.2) is 46.9 Å². The molecule has 0 aliphatic carbocycles. The fourth-order valence-electron chi connectivity index (χ4n) is 1.91. The Hall–Kier alpha value is -1.52. The Kier molecular flexibility index (Phi) is 5.26. The van der Waals surface area contributed by atoms with Gasteiger partial charge in [0.2, 0.25) is 0 Å². The summed E-state index contributed by atoms with van der Waals surface area (Å²) in [6.45, 7) is 1.93. The molecule has 1 N–H and O–H groups in total. The molecule has 0 saturated heterocycles. The normalized spacial score (nSPS) is 11.8. The molecule has 0 spiro atoms. The predicted molar refractivity (Wildman–Crippen MR) is 88.0 cm³/mol. The maximum atomic E-state index is 12.4. The fourth-order valence-corrected chi connectivity index (χ4v) is 2.47. The second kappa shape index (κ2) is 6.96. The molecule has 110 valence electrons. The first-order valence-corrected chi connectivity index (χ1v) is 7.58. The molecule has 0 heterocycles. The lowest BCUT2D eigenvalue weighted by Crippen LogP contribution is -2.26. The minimum atomic E-state index is -0.164. The molecule has 0 aromatic heterocycles. The summed E-state index contributed by atoms with van der Waals surface area (Å²) in [7, 11) is 1.57. The number of ether oxygens (including phenoxy) is 1. The monoisotopic (exact) mass is 367 g/mol. The minimum Gasteiger partial charge on any atom is -0.497 e. The van der Waals surface area contributed by atoms with Crippen LogP contribution in [0.25, 0.3) is 0 Å². The number of halogens is 2. The average molecular weight is 369 g/mol. The molecule has 2 aromatic carbocycles. The molecule has 0 unspecified atom stereocenters. The van der Waals surface area contributed by atoms with Gasteiger partial charge in [0, 0.05) is 9.50 Å². The Balaban J connectivity index is 2.15. The first kappa shape index (κ1) is 15.9. The van der Waals surface area contributed by atoms with E-state index in [0.29, 0.717) is 16.3 Å². The van der Waals surface area contributed by atoms with Gasteiger partial charge in [-0.05, 0) is 58.7 Å². The summed E-state index contributed by atoms with van der Waals surface area (Å²) in [5, 5.41) is 3.63. The molecule has 3 nitrogen and oxygen atoms in total. The molecule has 1 atom stereocenters. The molecule has 0 fully saturated rings. The van der Waals surface area contributed by atoms with E-state index in [-0.39, 0.29) is 11.9 Å². The maximum absolute atomic E-state index is 12.4. The van der Waals surface area contributed by atoms with E-state index < -0.39 is 0 Å². The highest BCUT2D eigenvalue weighted by molar-refractivity contribution is 9.10. The molecule has 21 heavy (non-hydrogen) atoms. The van der Waals surface area contributed by atoms with Crippen molar-refractivity contribution in [1.29, 1.82) is 0 Å². The number of rotatable bonds is 4. The van der Waals surface area contributed by atoms with Gasteiger partial charge in [0.1, 0.15) is 5.75 Å². The number of hydrogen-bond donors (Lipinski definition) is 1. The van der Waals surface area contributed by atoms with Crippen LogP contribution in [0.3, 0.4) is 0 Å². The van der Waals surface area contributed by atoms with Crippen molar-refractivity contribution in [2.45, 2.75) is 13.0 Å². The molecule has 0 aliphatic heterocycles. The second-order valence-electron chi connectivity index (χ2n) is 4.59. The van der Waals surface area contributed by atoms with Crippen LogP contribution in [0, 0.1) is 0 Å². The Morgan fingerprint density at radius 2 is 1.90 bits per heavy atom.